The van der Waals surface area contributed by atoms with Gasteiger partial charge in [0.05, 0.1) is 0 Å². The molecule has 1 aliphatic heterocycles. The molecule has 2 atom stereocenters. The molecule has 2 nitrogen and oxygen atoms in total. The van der Waals surface area contributed by atoms with Crippen LogP contribution in [0.3, 0.4) is 0 Å². The van der Waals surface area contributed by atoms with E-state index in [1.54, 1.807) is 0 Å². The summed E-state index contributed by atoms with van der Waals surface area (Å²) in [6.45, 7) is 6.75. The summed E-state index contributed by atoms with van der Waals surface area (Å²) in [5, 5.41) is 3.61. The van der Waals surface area contributed by atoms with Gasteiger partial charge in [-0.1, -0.05) is 48.0 Å². The van der Waals surface area contributed by atoms with Crippen molar-refractivity contribution in [3.63, 3.8) is 0 Å². The van der Waals surface area contributed by atoms with Crippen molar-refractivity contribution in [2.45, 2.75) is 38.8 Å². The first kappa shape index (κ1) is 15.0. The zero-order valence-corrected chi connectivity index (χ0v) is 13.8. The Kier molecular flexibility index (Phi) is 5.43. The second-order valence-corrected chi connectivity index (χ2v) is 6.77. The molecule has 1 aromatic carbocycles. The first-order valence-corrected chi connectivity index (χ1v) is 8.07. The number of nitrogens with zero attached hydrogens (tertiary/aromatic N) is 1. The van der Waals surface area contributed by atoms with Crippen molar-refractivity contribution in [1.82, 2.24) is 10.2 Å². The minimum atomic E-state index is 0.524. The summed E-state index contributed by atoms with van der Waals surface area (Å²) in [6, 6.07) is 9.75. The lowest BCUT2D eigenvalue weighted by Crippen LogP contribution is -2.41. The van der Waals surface area contributed by atoms with Crippen molar-refractivity contribution >= 4 is 15.9 Å². The van der Waals surface area contributed by atoms with Crippen molar-refractivity contribution in [2.75, 3.05) is 20.1 Å². The van der Waals surface area contributed by atoms with Crippen LogP contribution in [0.4, 0.5) is 0 Å². The lowest BCUT2D eigenvalue weighted by atomic mass is 9.85. The predicted octanol–water partition coefficient (Wildman–Crippen LogP) is 3.83. The summed E-state index contributed by atoms with van der Waals surface area (Å²) in [6.07, 6.45) is 2.62. The zero-order valence-electron chi connectivity index (χ0n) is 12.2. The largest absolute Gasteiger partial charge is 0.314 e. The molecular formula is C16H25BrN2. The third kappa shape index (κ3) is 3.80. The monoisotopic (exact) mass is 324 g/mol. The van der Waals surface area contributed by atoms with Gasteiger partial charge in [0.25, 0.3) is 0 Å². The van der Waals surface area contributed by atoms with Crippen LogP contribution in [0.25, 0.3) is 0 Å². The predicted molar refractivity (Wildman–Crippen MR) is 85.4 cm³/mol. The van der Waals surface area contributed by atoms with E-state index in [9.17, 15) is 0 Å². The van der Waals surface area contributed by atoms with Gasteiger partial charge in [-0.2, -0.15) is 0 Å². The van der Waals surface area contributed by atoms with E-state index in [-0.39, 0.29) is 0 Å². The van der Waals surface area contributed by atoms with E-state index in [2.05, 4.69) is 71.3 Å². The zero-order chi connectivity index (χ0) is 13.8. The van der Waals surface area contributed by atoms with E-state index >= 15 is 0 Å². The number of likely N-dealkylation sites (tertiary alicyclic amines) is 1. The molecule has 0 saturated carbocycles. The number of piperidine rings is 1. The molecule has 3 heteroatoms. The molecule has 1 N–H and O–H groups in total. The van der Waals surface area contributed by atoms with Crippen molar-refractivity contribution in [3.05, 3.63) is 34.3 Å². The number of halogens is 1. The lowest BCUT2D eigenvalue weighted by Gasteiger charge is -2.40. The quantitative estimate of drug-likeness (QED) is 0.905. The smallest absolute Gasteiger partial charge is 0.0396 e. The summed E-state index contributed by atoms with van der Waals surface area (Å²) >= 11 is 3.72. The topological polar surface area (TPSA) is 15.3 Å². The van der Waals surface area contributed by atoms with Gasteiger partial charge in [0.2, 0.25) is 0 Å². The molecule has 0 spiro atoms. The molecule has 1 aliphatic rings. The van der Waals surface area contributed by atoms with Crippen LogP contribution in [0.5, 0.6) is 0 Å². The molecule has 0 bridgehead atoms. The highest BCUT2D eigenvalue weighted by molar-refractivity contribution is 9.10. The second kappa shape index (κ2) is 6.87. The molecule has 0 amide bonds. The maximum Gasteiger partial charge on any atom is 0.0396 e. The summed E-state index contributed by atoms with van der Waals surface area (Å²) in [4.78, 5) is 2.51. The molecule has 0 aromatic heterocycles. The van der Waals surface area contributed by atoms with Gasteiger partial charge in [0, 0.05) is 23.1 Å². The fourth-order valence-electron chi connectivity index (χ4n) is 3.07. The van der Waals surface area contributed by atoms with Gasteiger partial charge in [-0.25, -0.2) is 0 Å². The summed E-state index contributed by atoms with van der Waals surface area (Å²) in [5.41, 5.74) is 1.43. The maximum absolute atomic E-state index is 3.72. The molecule has 2 rings (SSSR count). The maximum atomic E-state index is 3.72. The van der Waals surface area contributed by atoms with Gasteiger partial charge in [-0.05, 0) is 44.0 Å². The van der Waals surface area contributed by atoms with Crippen LogP contribution in [0.1, 0.15) is 38.3 Å². The van der Waals surface area contributed by atoms with E-state index in [1.165, 1.54) is 29.4 Å². The van der Waals surface area contributed by atoms with Crippen LogP contribution in [0.15, 0.2) is 28.7 Å². The highest BCUT2D eigenvalue weighted by Crippen LogP contribution is 2.37. The van der Waals surface area contributed by atoms with Crippen molar-refractivity contribution in [1.29, 1.82) is 0 Å². The van der Waals surface area contributed by atoms with Crippen LogP contribution >= 0.6 is 15.9 Å². The Morgan fingerprint density at radius 3 is 2.79 bits per heavy atom. The SMILES string of the molecule is CC(C)NCC1CCCN(C)C1c1ccccc1Br. The second-order valence-electron chi connectivity index (χ2n) is 5.91. The van der Waals surface area contributed by atoms with Crippen LogP contribution < -0.4 is 5.32 Å². The van der Waals surface area contributed by atoms with Gasteiger partial charge in [-0.15, -0.1) is 0 Å². The molecule has 0 radical (unpaired) electrons. The van der Waals surface area contributed by atoms with E-state index < -0.39 is 0 Å². The van der Waals surface area contributed by atoms with Crippen LogP contribution in [0.2, 0.25) is 0 Å². The first-order chi connectivity index (χ1) is 9.09. The standard InChI is InChI=1S/C16H25BrN2/c1-12(2)18-11-13-7-6-10-19(3)16(13)14-8-4-5-9-15(14)17/h4-5,8-9,12-13,16,18H,6-7,10-11H2,1-3H3. The summed E-state index contributed by atoms with van der Waals surface area (Å²) in [7, 11) is 2.26. The van der Waals surface area contributed by atoms with E-state index in [4.69, 9.17) is 0 Å². The van der Waals surface area contributed by atoms with E-state index in [0.717, 1.165) is 6.54 Å². The van der Waals surface area contributed by atoms with Gasteiger partial charge >= 0.3 is 0 Å². The summed E-state index contributed by atoms with van der Waals surface area (Å²) < 4.78 is 1.24. The average molecular weight is 325 g/mol. The number of rotatable bonds is 4. The van der Waals surface area contributed by atoms with Crippen molar-refractivity contribution in [3.8, 4) is 0 Å². The van der Waals surface area contributed by atoms with Gasteiger partial charge in [0.1, 0.15) is 0 Å². The Morgan fingerprint density at radius 1 is 1.37 bits per heavy atom. The van der Waals surface area contributed by atoms with Crippen LogP contribution in [0, 0.1) is 5.92 Å². The Bertz CT molecular complexity index is 405. The highest BCUT2D eigenvalue weighted by Gasteiger charge is 2.31. The third-order valence-electron chi connectivity index (χ3n) is 4.02. The molecule has 1 saturated heterocycles. The van der Waals surface area contributed by atoms with Crippen LogP contribution in [-0.4, -0.2) is 31.1 Å². The molecule has 2 unspecified atom stereocenters. The minimum absolute atomic E-state index is 0.524. The summed E-state index contributed by atoms with van der Waals surface area (Å²) in [5.74, 6) is 0.694. The number of hydrogen-bond donors (Lipinski definition) is 1. The molecule has 1 fully saturated rings. The Hall–Kier alpha value is -0.380. The average Bonchev–Trinajstić information content (AvgIpc) is 2.37. The fourth-order valence-corrected chi connectivity index (χ4v) is 3.59. The van der Waals surface area contributed by atoms with E-state index in [1.807, 2.05) is 0 Å². The molecular weight excluding hydrogens is 300 g/mol. The third-order valence-corrected chi connectivity index (χ3v) is 4.74. The minimum Gasteiger partial charge on any atom is -0.314 e. The number of nitrogens with one attached hydrogen (secondary N) is 1. The number of benzene rings is 1. The van der Waals surface area contributed by atoms with Gasteiger partial charge < -0.3 is 5.32 Å². The Balaban J connectivity index is 2.19. The molecule has 1 aromatic rings. The van der Waals surface area contributed by atoms with Gasteiger partial charge in [-0.3, -0.25) is 4.90 Å². The Morgan fingerprint density at radius 2 is 2.11 bits per heavy atom. The molecule has 1 heterocycles. The normalized spacial score (nSPS) is 24.9. The number of hydrogen-bond acceptors (Lipinski definition) is 2. The highest BCUT2D eigenvalue weighted by atomic mass is 79.9. The molecule has 19 heavy (non-hydrogen) atoms. The Labute approximate surface area is 125 Å². The molecule has 106 valence electrons. The van der Waals surface area contributed by atoms with Gasteiger partial charge in [0.15, 0.2) is 0 Å². The van der Waals surface area contributed by atoms with Crippen molar-refractivity contribution in [2.24, 2.45) is 5.92 Å². The lowest BCUT2D eigenvalue weighted by molar-refractivity contribution is 0.117. The fraction of sp³-hybridized carbons (Fsp3) is 0.625. The molecule has 0 aliphatic carbocycles. The van der Waals surface area contributed by atoms with Crippen molar-refractivity contribution < 1.29 is 0 Å². The first-order valence-electron chi connectivity index (χ1n) is 7.27. The van der Waals surface area contributed by atoms with Crippen LogP contribution in [-0.2, 0) is 0 Å². The van der Waals surface area contributed by atoms with E-state index in [0.29, 0.717) is 18.0 Å².